The van der Waals surface area contributed by atoms with E-state index in [0.717, 1.165) is 0 Å². The van der Waals surface area contributed by atoms with Crippen LogP contribution in [0.4, 0.5) is 4.79 Å². The summed E-state index contributed by atoms with van der Waals surface area (Å²) in [7, 11) is 0. The van der Waals surface area contributed by atoms with Gasteiger partial charge in [-0.3, -0.25) is 4.79 Å². The summed E-state index contributed by atoms with van der Waals surface area (Å²) in [6.07, 6.45) is -0.544. The highest BCUT2D eigenvalue weighted by molar-refractivity contribution is 5.81. The van der Waals surface area contributed by atoms with E-state index in [4.69, 9.17) is 0 Å². The molecule has 0 aliphatic carbocycles. The molecule has 1 amide bonds. The molecule has 0 unspecified atom stereocenters. The fourth-order valence-electron chi connectivity index (χ4n) is 0.379. The summed E-state index contributed by atoms with van der Waals surface area (Å²) in [5, 5.41) is 2.27. The molecule has 0 aromatic rings. The summed E-state index contributed by atoms with van der Waals surface area (Å²) in [4.78, 5) is 20.7. The molecule has 0 radical (unpaired) electrons. The van der Waals surface area contributed by atoms with Gasteiger partial charge in [0.2, 0.25) is 0 Å². The quantitative estimate of drug-likeness (QED) is 0.712. The van der Waals surface area contributed by atoms with Crippen molar-refractivity contribution in [3.63, 3.8) is 0 Å². The van der Waals surface area contributed by atoms with Crippen LogP contribution < -0.4 is 5.32 Å². The molecular weight excluding hydrogens is 158 g/mol. The van der Waals surface area contributed by atoms with E-state index in [1.54, 1.807) is 6.92 Å². The maximum absolute atomic E-state index is 10.5. The second-order valence-electron chi connectivity index (χ2n) is 1.78. The Kier molecular flexibility index (Phi) is 11.2. The van der Waals surface area contributed by atoms with Gasteiger partial charge in [0.15, 0.2) is 0 Å². The number of alkyl carbamates (subject to hydrolysis) is 1. The molecule has 0 heterocycles. The van der Waals surface area contributed by atoms with E-state index >= 15 is 0 Å². The summed E-state index contributed by atoms with van der Waals surface area (Å²) in [6.45, 7) is 7.46. The van der Waals surface area contributed by atoms with E-state index < -0.39 is 6.09 Å². The Balaban J connectivity index is -0.000000309. The minimum Gasteiger partial charge on any atom is -0.450 e. The van der Waals surface area contributed by atoms with Crippen molar-refractivity contribution in [2.45, 2.75) is 27.7 Å². The first-order chi connectivity index (χ1) is 5.66. The monoisotopic (exact) mass is 177 g/mol. The maximum atomic E-state index is 10.5. The predicted molar refractivity (Wildman–Crippen MR) is 49.2 cm³/mol. The van der Waals surface area contributed by atoms with Gasteiger partial charge in [0, 0.05) is 1.43 Å². The van der Waals surface area contributed by atoms with E-state index in [1.165, 1.54) is 6.92 Å². The Morgan fingerprint density at radius 3 is 2.25 bits per heavy atom. The zero-order valence-electron chi connectivity index (χ0n) is 8.14. The lowest BCUT2D eigenvalue weighted by Gasteiger charge is -2.00. The standard InChI is InChI=1S/C6H11NO3.C2H6.H2/c1-3-10-6(9)7-4-5(2)8;1-2;/h3-4H2,1-2H3,(H,7,9);1-2H3;1H. The van der Waals surface area contributed by atoms with Crippen LogP contribution in [-0.4, -0.2) is 25.0 Å². The molecule has 0 bridgehead atoms. The highest BCUT2D eigenvalue weighted by Gasteiger charge is 1.99. The van der Waals surface area contributed by atoms with Crippen molar-refractivity contribution < 1.29 is 15.8 Å². The number of nitrogens with one attached hydrogen (secondary N) is 1. The normalized spacial score (nSPS) is 7.67. The highest BCUT2D eigenvalue weighted by Crippen LogP contribution is 1.75. The lowest BCUT2D eigenvalue weighted by atomic mass is 10.4. The van der Waals surface area contributed by atoms with Crippen molar-refractivity contribution in [3.05, 3.63) is 0 Å². The Morgan fingerprint density at radius 1 is 1.42 bits per heavy atom. The lowest BCUT2D eigenvalue weighted by Crippen LogP contribution is -2.28. The number of hydrogen-bond acceptors (Lipinski definition) is 3. The first-order valence-corrected chi connectivity index (χ1v) is 4.07. The van der Waals surface area contributed by atoms with Gasteiger partial charge in [-0.15, -0.1) is 0 Å². The fraction of sp³-hybridized carbons (Fsp3) is 0.750. The smallest absolute Gasteiger partial charge is 0.407 e. The molecule has 1 N–H and O–H groups in total. The molecule has 4 heteroatoms. The Labute approximate surface area is 74.8 Å². The number of carbonyl (C=O) groups is 2. The van der Waals surface area contributed by atoms with Gasteiger partial charge < -0.3 is 10.1 Å². The Bertz CT molecular complexity index is 139. The number of ether oxygens (including phenoxy) is 1. The van der Waals surface area contributed by atoms with Gasteiger partial charge in [-0.2, -0.15) is 0 Å². The van der Waals surface area contributed by atoms with Crippen LogP contribution in [0, 0.1) is 0 Å². The molecule has 0 spiro atoms. The van der Waals surface area contributed by atoms with E-state index in [1.807, 2.05) is 13.8 Å². The van der Waals surface area contributed by atoms with Gasteiger partial charge in [-0.1, -0.05) is 13.8 Å². The van der Waals surface area contributed by atoms with Crippen molar-refractivity contribution >= 4 is 11.9 Å². The van der Waals surface area contributed by atoms with Crippen LogP contribution in [-0.2, 0) is 9.53 Å². The molecular formula is C8H19NO3. The average molecular weight is 177 g/mol. The number of hydrogen-bond donors (Lipinski definition) is 1. The van der Waals surface area contributed by atoms with Crippen LogP contribution in [0.1, 0.15) is 29.1 Å². The van der Waals surface area contributed by atoms with E-state index in [2.05, 4.69) is 10.1 Å². The van der Waals surface area contributed by atoms with Crippen molar-refractivity contribution in [3.8, 4) is 0 Å². The maximum Gasteiger partial charge on any atom is 0.407 e. The minimum absolute atomic E-state index is 0. The van der Waals surface area contributed by atoms with E-state index in [9.17, 15) is 9.59 Å². The molecule has 74 valence electrons. The lowest BCUT2D eigenvalue weighted by molar-refractivity contribution is -0.116. The molecule has 0 aromatic heterocycles. The number of rotatable bonds is 3. The van der Waals surface area contributed by atoms with Crippen LogP contribution in [0.5, 0.6) is 0 Å². The molecule has 0 rings (SSSR count). The molecule has 4 nitrogen and oxygen atoms in total. The Morgan fingerprint density at radius 2 is 1.92 bits per heavy atom. The highest BCUT2D eigenvalue weighted by atomic mass is 16.5. The zero-order chi connectivity index (χ0) is 9.98. The van der Waals surface area contributed by atoms with Gasteiger partial charge in [-0.05, 0) is 13.8 Å². The number of ketones is 1. The number of amides is 1. The second kappa shape index (κ2) is 9.94. The average Bonchev–Trinajstić information content (AvgIpc) is 2.05. The van der Waals surface area contributed by atoms with Crippen LogP contribution >= 0.6 is 0 Å². The molecule has 0 atom stereocenters. The number of carbonyl (C=O) groups excluding carboxylic acids is 2. The topological polar surface area (TPSA) is 55.4 Å². The minimum atomic E-state index is -0.544. The van der Waals surface area contributed by atoms with Gasteiger partial charge in [0.25, 0.3) is 0 Å². The van der Waals surface area contributed by atoms with Crippen molar-refractivity contribution in [2.24, 2.45) is 0 Å². The van der Waals surface area contributed by atoms with E-state index in [0.29, 0.717) is 6.61 Å². The molecule has 0 aliphatic rings. The SMILES string of the molecule is CC.CCOC(=O)NCC(C)=O.[HH]. The molecule has 0 saturated carbocycles. The van der Waals surface area contributed by atoms with Gasteiger partial charge in [-0.25, -0.2) is 4.79 Å². The third-order valence-electron chi connectivity index (χ3n) is 0.757. The molecule has 0 aromatic carbocycles. The van der Waals surface area contributed by atoms with Gasteiger partial charge in [0.1, 0.15) is 5.78 Å². The zero-order valence-corrected chi connectivity index (χ0v) is 8.14. The van der Waals surface area contributed by atoms with Gasteiger partial charge >= 0.3 is 6.09 Å². The summed E-state index contributed by atoms with van der Waals surface area (Å²) >= 11 is 0. The first-order valence-electron chi connectivity index (χ1n) is 4.07. The van der Waals surface area contributed by atoms with Crippen molar-refractivity contribution in [1.29, 1.82) is 0 Å². The van der Waals surface area contributed by atoms with Crippen LogP contribution in [0.25, 0.3) is 0 Å². The third-order valence-corrected chi connectivity index (χ3v) is 0.757. The second-order valence-corrected chi connectivity index (χ2v) is 1.78. The fourth-order valence-corrected chi connectivity index (χ4v) is 0.379. The first kappa shape index (κ1) is 13.5. The predicted octanol–water partition coefficient (Wildman–Crippen LogP) is 1.59. The molecule has 12 heavy (non-hydrogen) atoms. The molecule has 0 saturated heterocycles. The summed E-state index contributed by atoms with van der Waals surface area (Å²) in [5.74, 6) is -0.0898. The van der Waals surface area contributed by atoms with Crippen LogP contribution in [0.3, 0.4) is 0 Å². The molecule has 0 fully saturated rings. The summed E-state index contributed by atoms with van der Waals surface area (Å²) in [6, 6.07) is 0. The van der Waals surface area contributed by atoms with Crippen LogP contribution in [0.15, 0.2) is 0 Å². The van der Waals surface area contributed by atoms with Crippen molar-refractivity contribution in [2.75, 3.05) is 13.2 Å². The van der Waals surface area contributed by atoms with Crippen LogP contribution in [0.2, 0.25) is 0 Å². The van der Waals surface area contributed by atoms with Gasteiger partial charge in [0.05, 0.1) is 13.2 Å². The summed E-state index contributed by atoms with van der Waals surface area (Å²) < 4.78 is 4.49. The largest absolute Gasteiger partial charge is 0.450 e. The molecule has 0 aliphatic heterocycles. The Hall–Kier alpha value is -1.06. The number of Topliss-reactive ketones (excluding diaryl/α,β-unsaturated/α-hetero) is 1. The summed E-state index contributed by atoms with van der Waals surface area (Å²) in [5.41, 5.74) is 0. The van der Waals surface area contributed by atoms with Crippen molar-refractivity contribution in [1.82, 2.24) is 5.32 Å². The van der Waals surface area contributed by atoms with E-state index in [-0.39, 0.29) is 13.8 Å². The third kappa shape index (κ3) is 11.7.